The predicted octanol–water partition coefficient (Wildman–Crippen LogP) is 1.52. The molecule has 1 aromatic heterocycles. The molecule has 2 atom stereocenters. The van der Waals surface area contributed by atoms with E-state index in [0.717, 1.165) is 0 Å². The van der Waals surface area contributed by atoms with Crippen molar-refractivity contribution in [2.24, 2.45) is 0 Å². The summed E-state index contributed by atoms with van der Waals surface area (Å²) >= 11 is 3.83. The predicted molar refractivity (Wildman–Crippen MR) is 82.3 cm³/mol. The molecule has 0 bridgehead atoms. The number of pyridine rings is 1. The normalized spacial score (nSPS) is 22.1. The largest absolute Gasteiger partial charge is 1.00 e. The summed E-state index contributed by atoms with van der Waals surface area (Å²) in [7, 11) is 0. The van der Waals surface area contributed by atoms with Crippen molar-refractivity contribution in [2.75, 3.05) is 0 Å². The van der Waals surface area contributed by atoms with Crippen LogP contribution in [0.4, 0.5) is 0 Å². The first-order chi connectivity index (χ1) is 9.34. The van der Waals surface area contributed by atoms with Crippen molar-refractivity contribution in [1.82, 2.24) is 0 Å². The lowest BCUT2D eigenvalue weighted by Crippen LogP contribution is -3.00. The minimum Gasteiger partial charge on any atom is -1.00 e. The Bertz CT molecular complexity index is 524. The van der Waals surface area contributed by atoms with Gasteiger partial charge in [-0.3, -0.25) is 0 Å². The van der Waals surface area contributed by atoms with Crippen LogP contribution < -0.4 is 21.5 Å². The van der Waals surface area contributed by atoms with Crippen LogP contribution in [-0.2, 0) is 0 Å². The summed E-state index contributed by atoms with van der Waals surface area (Å²) in [5.74, 6) is 0. The molecule has 106 valence electrons. The van der Waals surface area contributed by atoms with E-state index in [9.17, 15) is 0 Å². The van der Waals surface area contributed by atoms with E-state index in [0.29, 0.717) is 10.9 Å². The smallest absolute Gasteiger partial charge is 0.170 e. The van der Waals surface area contributed by atoms with Crippen molar-refractivity contribution in [3.8, 4) is 11.1 Å². The molecule has 3 rings (SSSR count). The Morgan fingerprint density at radius 2 is 1.45 bits per heavy atom. The lowest BCUT2D eigenvalue weighted by molar-refractivity contribution is -0.724. The molecule has 0 saturated heterocycles. The third-order valence-corrected chi connectivity index (χ3v) is 5.06. The van der Waals surface area contributed by atoms with Crippen LogP contribution in [0.15, 0.2) is 54.9 Å². The maximum Gasteiger partial charge on any atom is 0.170 e. The highest BCUT2D eigenvalue weighted by Crippen LogP contribution is 2.30. The number of rotatable bonds is 2. The van der Waals surface area contributed by atoms with Crippen LogP contribution in [0.25, 0.3) is 11.1 Å². The SMILES string of the molecule is BrC1CCCCC1[n+]1ccc(-c2ccccc2)cc1.[Br-]. The number of benzene rings is 1. The third-order valence-electron chi connectivity index (χ3n) is 3.99. The van der Waals surface area contributed by atoms with Gasteiger partial charge < -0.3 is 17.0 Å². The van der Waals surface area contributed by atoms with E-state index in [-0.39, 0.29) is 17.0 Å². The standard InChI is InChI=1S/C17H19BrN.BrH/c18-16-8-4-5-9-17(16)19-12-10-15(11-13-19)14-6-2-1-3-7-14;/h1-3,6-7,10-13,16-17H,4-5,8-9H2;1H/q+1;/p-1. The Kier molecular flexibility index (Phi) is 5.79. The summed E-state index contributed by atoms with van der Waals surface area (Å²) in [4.78, 5) is 0.619. The van der Waals surface area contributed by atoms with Crippen LogP contribution in [-0.4, -0.2) is 4.83 Å². The zero-order valence-corrected chi connectivity index (χ0v) is 14.6. The van der Waals surface area contributed by atoms with Gasteiger partial charge in [-0.15, -0.1) is 0 Å². The van der Waals surface area contributed by atoms with Gasteiger partial charge in [0.15, 0.2) is 18.4 Å². The first kappa shape index (κ1) is 15.7. The fraction of sp³-hybridized carbons (Fsp3) is 0.353. The van der Waals surface area contributed by atoms with Crippen molar-refractivity contribution in [2.45, 2.75) is 36.6 Å². The molecule has 0 aliphatic heterocycles. The monoisotopic (exact) mass is 395 g/mol. The maximum atomic E-state index is 3.83. The molecule has 1 aromatic carbocycles. The van der Waals surface area contributed by atoms with Crippen LogP contribution in [0.1, 0.15) is 31.7 Å². The van der Waals surface area contributed by atoms with Crippen LogP contribution in [0, 0.1) is 0 Å². The molecule has 0 radical (unpaired) electrons. The fourth-order valence-corrected chi connectivity index (χ4v) is 3.75. The minimum absolute atomic E-state index is 0. The highest BCUT2D eigenvalue weighted by atomic mass is 79.9. The zero-order valence-electron chi connectivity index (χ0n) is 11.4. The van der Waals surface area contributed by atoms with E-state index in [1.165, 1.54) is 36.8 Å². The average Bonchev–Trinajstić information content (AvgIpc) is 2.49. The zero-order chi connectivity index (χ0) is 13.1. The molecule has 0 spiro atoms. The van der Waals surface area contributed by atoms with Gasteiger partial charge in [0.2, 0.25) is 0 Å². The van der Waals surface area contributed by atoms with Crippen molar-refractivity contribution in [3.63, 3.8) is 0 Å². The van der Waals surface area contributed by atoms with Gasteiger partial charge in [0.1, 0.15) is 0 Å². The molecular formula is C17H19Br2N. The van der Waals surface area contributed by atoms with Crippen molar-refractivity contribution < 1.29 is 21.5 Å². The fourth-order valence-electron chi connectivity index (χ4n) is 2.88. The van der Waals surface area contributed by atoms with Crippen LogP contribution in [0.3, 0.4) is 0 Å². The lowest BCUT2D eigenvalue weighted by atomic mass is 9.95. The van der Waals surface area contributed by atoms with Crippen LogP contribution in [0.5, 0.6) is 0 Å². The molecule has 1 nitrogen and oxygen atoms in total. The summed E-state index contributed by atoms with van der Waals surface area (Å²) in [6, 6.07) is 15.6. The Balaban J connectivity index is 0.00000147. The second-order valence-corrected chi connectivity index (χ2v) is 6.44. The second-order valence-electron chi connectivity index (χ2n) is 5.27. The first-order valence-electron chi connectivity index (χ1n) is 7.05. The van der Waals surface area contributed by atoms with Gasteiger partial charge in [0, 0.05) is 18.6 Å². The van der Waals surface area contributed by atoms with E-state index in [1.807, 2.05) is 0 Å². The average molecular weight is 397 g/mol. The molecule has 3 heteroatoms. The highest BCUT2D eigenvalue weighted by molar-refractivity contribution is 9.09. The van der Waals surface area contributed by atoms with Gasteiger partial charge in [0.25, 0.3) is 0 Å². The molecule has 2 unspecified atom stereocenters. The van der Waals surface area contributed by atoms with Gasteiger partial charge in [-0.25, -0.2) is 4.57 Å². The third kappa shape index (κ3) is 3.50. The quantitative estimate of drug-likeness (QED) is 0.535. The van der Waals surface area contributed by atoms with Gasteiger partial charge in [-0.05, 0) is 24.0 Å². The van der Waals surface area contributed by atoms with Crippen LogP contribution >= 0.6 is 15.9 Å². The van der Waals surface area contributed by atoms with Gasteiger partial charge in [-0.2, -0.15) is 0 Å². The summed E-state index contributed by atoms with van der Waals surface area (Å²) in [5, 5.41) is 0. The Hall–Kier alpha value is -0.670. The summed E-state index contributed by atoms with van der Waals surface area (Å²) in [5.41, 5.74) is 2.58. The number of hydrogen-bond donors (Lipinski definition) is 0. The van der Waals surface area contributed by atoms with Crippen molar-refractivity contribution >= 4 is 15.9 Å². The van der Waals surface area contributed by atoms with Crippen molar-refractivity contribution in [1.29, 1.82) is 0 Å². The number of nitrogens with zero attached hydrogens (tertiary/aromatic N) is 1. The van der Waals surface area contributed by atoms with E-state index >= 15 is 0 Å². The summed E-state index contributed by atoms with van der Waals surface area (Å²) in [6.45, 7) is 0. The first-order valence-corrected chi connectivity index (χ1v) is 7.96. The molecule has 1 fully saturated rings. The van der Waals surface area contributed by atoms with Gasteiger partial charge >= 0.3 is 0 Å². The Morgan fingerprint density at radius 1 is 0.850 bits per heavy atom. The van der Waals surface area contributed by atoms with E-state index < -0.39 is 0 Å². The number of alkyl halides is 1. The summed E-state index contributed by atoms with van der Waals surface area (Å²) < 4.78 is 2.37. The number of halogens is 2. The topological polar surface area (TPSA) is 3.88 Å². The molecule has 1 heterocycles. The Labute approximate surface area is 139 Å². The molecule has 0 amide bonds. The molecule has 1 aliphatic carbocycles. The molecular weight excluding hydrogens is 378 g/mol. The minimum atomic E-state index is 0. The Morgan fingerprint density at radius 3 is 2.10 bits per heavy atom. The molecule has 1 aliphatic rings. The van der Waals surface area contributed by atoms with E-state index in [4.69, 9.17) is 0 Å². The molecule has 0 N–H and O–H groups in total. The van der Waals surface area contributed by atoms with Crippen LogP contribution in [0.2, 0.25) is 0 Å². The van der Waals surface area contributed by atoms with E-state index in [2.05, 4.69) is 75.4 Å². The van der Waals surface area contributed by atoms with Gasteiger partial charge in [-0.1, -0.05) is 52.7 Å². The number of aromatic nitrogens is 1. The molecule has 2 aromatic rings. The van der Waals surface area contributed by atoms with Gasteiger partial charge in [0.05, 0.1) is 4.83 Å². The van der Waals surface area contributed by atoms with E-state index in [1.54, 1.807) is 0 Å². The lowest BCUT2D eigenvalue weighted by Gasteiger charge is -2.22. The highest BCUT2D eigenvalue weighted by Gasteiger charge is 2.29. The summed E-state index contributed by atoms with van der Waals surface area (Å²) in [6.07, 6.45) is 9.73. The molecule has 20 heavy (non-hydrogen) atoms. The second kappa shape index (κ2) is 7.37. The van der Waals surface area contributed by atoms with Crippen molar-refractivity contribution in [3.05, 3.63) is 54.9 Å². The molecule has 1 saturated carbocycles. The maximum absolute atomic E-state index is 3.83. The number of hydrogen-bond acceptors (Lipinski definition) is 0.